The van der Waals surface area contributed by atoms with E-state index < -0.39 is 6.04 Å². The molecule has 1 N–H and O–H groups in total. The van der Waals surface area contributed by atoms with Gasteiger partial charge in [0.1, 0.15) is 5.01 Å². The van der Waals surface area contributed by atoms with Gasteiger partial charge < -0.3 is 5.32 Å². The molecule has 0 aliphatic carbocycles. The molecule has 0 radical (unpaired) electrons. The molecule has 0 bridgehead atoms. The summed E-state index contributed by atoms with van der Waals surface area (Å²) in [6.07, 6.45) is 1.68. The number of halogens is 2. The maximum Gasteiger partial charge on any atom is 0.166 e. The average Bonchev–Trinajstić information content (AvgIpc) is 2.84. The largest absolute Gasteiger partial charge is 0.364 e. The molecule has 1 aromatic heterocycles. The van der Waals surface area contributed by atoms with Crippen LogP contribution < -0.4 is 5.32 Å². The van der Waals surface area contributed by atoms with Crippen LogP contribution >= 0.6 is 38.9 Å². The Labute approximate surface area is 116 Å². The number of aromatic nitrogens is 1. The lowest BCUT2D eigenvalue weighted by molar-refractivity contribution is 0.974. The van der Waals surface area contributed by atoms with Gasteiger partial charge in [-0.2, -0.15) is 5.26 Å². The molecule has 0 aliphatic heterocycles. The van der Waals surface area contributed by atoms with Crippen LogP contribution in [0.4, 0.5) is 5.69 Å². The first-order chi connectivity index (χ1) is 8.20. The third kappa shape index (κ3) is 2.97. The number of thiazole rings is 1. The zero-order chi connectivity index (χ0) is 12.3. The van der Waals surface area contributed by atoms with Gasteiger partial charge in [-0.05, 0) is 34.1 Å². The lowest BCUT2D eigenvalue weighted by atomic mass is 10.2. The highest BCUT2D eigenvalue weighted by molar-refractivity contribution is 9.10. The Morgan fingerprint density at radius 1 is 1.53 bits per heavy atom. The van der Waals surface area contributed by atoms with E-state index in [4.69, 9.17) is 16.9 Å². The molecule has 0 aliphatic rings. The van der Waals surface area contributed by atoms with Crippen molar-refractivity contribution < 1.29 is 0 Å². The van der Waals surface area contributed by atoms with Crippen LogP contribution in [0, 0.1) is 11.3 Å². The topological polar surface area (TPSA) is 48.7 Å². The number of nitrogens with zero attached hydrogens (tertiary/aromatic N) is 2. The molecule has 1 aromatic carbocycles. The van der Waals surface area contributed by atoms with Crippen LogP contribution in [0.15, 0.2) is 34.2 Å². The minimum Gasteiger partial charge on any atom is -0.364 e. The highest BCUT2D eigenvalue weighted by atomic mass is 79.9. The smallest absolute Gasteiger partial charge is 0.166 e. The molecule has 3 nitrogen and oxygen atoms in total. The Morgan fingerprint density at radius 2 is 2.35 bits per heavy atom. The van der Waals surface area contributed by atoms with Gasteiger partial charge in [0.25, 0.3) is 0 Å². The molecule has 2 aromatic rings. The van der Waals surface area contributed by atoms with E-state index in [1.54, 1.807) is 12.3 Å². The highest BCUT2D eigenvalue weighted by Gasteiger charge is 2.13. The van der Waals surface area contributed by atoms with Crippen molar-refractivity contribution in [3.05, 3.63) is 44.3 Å². The van der Waals surface area contributed by atoms with Crippen molar-refractivity contribution in [1.29, 1.82) is 5.26 Å². The first-order valence-electron chi connectivity index (χ1n) is 4.71. The fourth-order valence-electron chi connectivity index (χ4n) is 1.28. The lowest BCUT2D eigenvalue weighted by Crippen LogP contribution is -2.07. The number of anilines is 1. The first-order valence-corrected chi connectivity index (χ1v) is 6.76. The normalized spacial score (nSPS) is 11.8. The fourth-order valence-corrected chi connectivity index (χ4v) is 2.41. The first kappa shape index (κ1) is 12.4. The molecular formula is C11H7BrClN3S. The Balaban J connectivity index is 2.20. The van der Waals surface area contributed by atoms with Crippen LogP contribution in [0.2, 0.25) is 5.02 Å². The Bertz CT molecular complexity index is 550. The third-order valence-electron chi connectivity index (χ3n) is 2.06. The van der Waals surface area contributed by atoms with Gasteiger partial charge in [-0.3, -0.25) is 0 Å². The van der Waals surface area contributed by atoms with Crippen LogP contribution in [-0.4, -0.2) is 4.98 Å². The highest BCUT2D eigenvalue weighted by Crippen LogP contribution is 2.28. The number of hydrogen-bond acceptors (Lipinski definition) is 4. The minimum absolute atomic E-state index is 0.442. The van der Waals surface area contributed by atoms with E-state index in [0.29, 0.717) is 5.02 Å². The van der Waals surface area contributed by atoms with Crippen molar-refractivity contribution in [1.82, 2.24) is 4.98 Å². The fraction of sp³-hybridized carbons (Fsp3) is 0.0909. The van der Waals surface area contributed by atoms with Gasteiger partial charge in [0.2, 0.25) is 0 Å². The van der Waals surface area contributed by atoms with E-state index in [2.05, 4.69) is 32.3 Å². The molecule has 0 saturated heterocycles. The molecule has 17 heavy (non-hydrogen) atoms. The van der Waals surface area contributed by atoms with E-state index in [0.717, 1.165) is 15.2 Å². The standard InChI is InChI=1S/C11H7BrClN3S/c12-8-5-7(1-2-9(8)13)16-10(6-14)11-15-3-4-17-11/h1-5,10,16H. The van der Waals surface area contributed by atoms with Crippen LogP contribution in [0.1, 0.15) is 11.0 Å². The molecule has 0 fully saturated rings. The maximum absolute atomic E-state index is 9.10. The summed E-state index contributed by atoms with van der Waals surface area (Å²) in [5.41, 5.74) is 0.822. The zero-order valence-electron chi connectivity index (χ0n) is 8.52. The van der Waals surface area contributed by atoms with E-state index >= 15 is 0 Å². The van der Waals surface area contributed by atoms with Crippen LogP contribution in [0.25, 0.3) is 0 Å². The summed E-state index contributed by atoms with van der Waals surface area (Å²) in [5, 5.41) is 15.4. The molecule has 0 amide bonds. The summed E-state index contributed by atoms with van der Waals surface area (Å²) >= 11 is 10.7. The monoisotopic (exact) mass is 327 g/mol. The molecular weight excluding hydrogens is 322 g/mol. The van der Waals surface area contributed by atoms with Crippen molar-refractivity contribution in [3.8, 4) is 6.07 Å². The summed E-state index contributed by atoms with van der Waals surface area (Å²) in [6, 6.07) is 7.16. The van der Waals surface area contributed by atoms with Gasteiger partial charge in [-0.15, -0.1) is 11.3 Å². The van der Waals surface area contributed by atoms with Gasteiger partial charge in [0.05, 0.1) is 11.1 Å². The van der Waals surface area contributed by atoms with E-state index in [-0.39, 0.29) is 0 Å². The van der Waals surface area contributed by atoms with E-state index in [1.807, 2.05) is 17.5 Å². The molecule has 1 atom stereocenters. The van der Waals surface area contributed by atoms with Gasteiger partial charge in [-0.1, -0.05) is 11.6 Å². The van der Waals surface area contributed by atoms with Gasteiger partial charge in [-0.25, -0.2) is 4.98 Å². The number of nitrogens with one attached hydrogen (secondary N) is 1. The van der Waals surface area contributed by atoms with Crippen molar-refractivity contribution in [2.75, 3.05) is 5.32 Å². The lowest BCUT2D eigenvalue weighted by Gasteiger charge is -2.11. The number of benzene rings is 1. The molecule has 0 saturated carbocycles. The van der Waals surface area contributed by atoms with Gasteiger partial charge in [0.15, 0.2) is 6.04 Å². The Kier molecular flexibility index (Phi) is 4.00. The predicted octanol–water partition coefficient (Wildman–Crippen LogP) is 4.24. The van der Waals surface area contributed by atoms with Gasteiger partial charge >= 0.3 is 0 Å². The Morgan fingerprint density at radius 3 is 2.94 bits per heavy atom. The van der Waals surface area contributed by atoms with Crippen molar-refractivity contribution in [2.45, 2.75) is 6.04 Å². The summed E-state index contributed by atoms with van der Waals surface area (Å²) in [6.45, 7) is 0. The molecule has 6 heteroatoms. The van der Waals surface area contributed by atoms with Gasteiger partial charge in [0, 0.05) is 21.7 Å². The minimum atomic E-state index is -0.442. The van der Waals surface area contributed by atoms with Crippen molar-refractivity contribution >= 4 is 44.6 Å². The molecule has 2 rings (SSSR count). The summed E-state index contributed by atoms with van der Waals surface area (Å²) in [4.78, 5) is 4.12. The second-order valence-corrected chi connectivity index (χ2v) is 5.39. The number of nitriles is 1. The predicted molar refractivity (Wildman–Crippen MR) is 73.2 cm³/mol. The van der Waals surface area contributed by atoms with Crippen LogP contribution in [-0.2, 0) is 0 Å². The molecule has 86 valence electrons. The van der Waals surface area contributed by atoms with Crippen molar-refractivity contribution in [2.24, 2.45) is 0 Å². The Hall–Kier alpha value is -1.09. The quantitative estimate of drug-likeness (QED) is 0.917. The zero-order valence-corrected chi connectivity index (χ0v) is 11.7. The number of rotatable bonds is 3. The number of hydrogen-bond donors (Lipinski definition) is 1. The van der Waals surface area contributed by atoms with E-state index in [9.17, 15) is 0 Å². The molecule has 1 unspecified atom stereocenters. The van der Waals surface area contributed by atoms with Crippen molar-refractivity contribution in [3.63, 3.8) is 0 Å². The summed E-state index contributed by atoms with van der Waals surface area (Å²) in [5.74, 6) is 0. The maximum atomic E-state index is 9.10. The molecule has 1 heterocycles. The SMILES string of the molecule is N#CC(Nc1ccc(Cl)c(Br)c1)c1nccs1. The average molecular weight is 329 g/mol. The van der Waals surface area contributed by atoms with Crippen LogP contribution in [0.5, 0.6) is 0 Å². The van der Waals surface area contributed by atoms with Crippen LogP contribution in [0.3, 0.4) is 0 Å². The third-order valence-corrected chi connectivity index (χ3v) is 4.11. The second-order valence-electron chi connectivity index (χ2n) is 3.21. The molecule has 0 spiro atoms. The second kappa shape index (κ2) is 5.50. The summed E-state index contributed by atoms with van der Waals surface area (Å²) in [7, 11) is 0. The summed E-state index contributed by atoms with van der Waals surface area (Å²) < 4.78 is 0.792. The van der Waals surface area contributed by atoms with E-state index in [1.165, 1.54) is 11.3 Å².